The Hall–Kier alpha value is -3.75. The number of aryl methyl sites for hydroxylation is 1. The fourth-order valence-corrected chi connectivity index (χ4v) is 5.25. The van der Waals surface area contributed by atoms with E-state index in [-0.39, 0.29) is 29.2 Å². The predicted octanol–water partition coefficient (Wildman–Crippen LogP) is 3.97. The number of rotatable bonds is 10. The summed E-state index contributed by atoms with van der Waals surface area (Å²) in [5.74, 6) is 1.44. The number of carbonyl (C=O) groups is 2. The lowest BCUT2D eigenvalue weighted by Gasteiger charge is -2.20. The molecule has 2 atom stereocenters. The average Bonchev–Trinajstić information content (AvgIpc) is 3.73. The van der Waals surface area contributed by atoms with E-state index in [2.05, 4.69) is 16.0 Å². The largest absolute Gasteiger partial charge is 0.493 e. The first-order valence-corrected chi connectivity index (χ1v) is 13.5. The van der Waals surface area contributed by atoms with Crippen molar-refractivity contribution in [1.82, 2.24) is 10.6 Å². The minimum absolute atomic E-state index is 0.0985. The van der Waals surface area contributed by atoms with Gasteiger partial charge >= 0.3 is 0 Å². The number of benzene rings is 1. The molecule has 0 saturated heterocycles. The molecule has 0 unspecified atom stereocenters. The molecule has 3 N–H and O–H groups in total. The topological polar surface area (TPSA) is 115 Å². The van der Waals surface area contributed by atoms with Gasteiger partial charge in [0.25, 0.3) is 0 Å². The third-order valence-corrected chi connectivity index (χ3v) is 7.19. The number of methoxy groups -OCH3 is 3. The molecule has 2 aliphatic rings. The van der Waals surface area contributed by atoms with Gasteiger partial charge in [-0.1, -0.05) is 19.9 Å². The molecule has 0 aromatic heterocycles. The number of anilines is 1. The minimum Gasteiger partial charge on any atom is -0.493 e. The van der Waals surface area contributed by atoms with Gasteiger partial charge in [-0.05, 0) is 72.9 Å². The summed E-state index contributed by atoms with van der Waals surface area (Å²) in [6, 6.07) is 6.34. The normalized spacial score (nSPS) is 16.7. The summed E-state index contributed by atoms with van der Waals surface area (Å²) in [7, 11) is 4.69. The molecule has 0 radical (unpaired) electrons. The molecular formula is C30H39N3O6. The zero-order chi connectivity index (χ0) is 28.3. The number of hydrogen-bond donors (Lipinski definition) is 3. The Morgan fingerprint density at radius 1 is 0.974 bits per heavy atom. The van der Waals surface area contributed by atoms with Gasteiger partial charge in [0.15, 0.2) is 11.5 Å². The standard InChI is InChI=1S/C30H39N3O6/c1-16(2)13-24(30(36)32-19-8-9-19)33-23-12-10-20-21(15-25(23)35)22(31-17(3)34)11-7-18-14-26(37-4)28(38-5)29(39-6)27(18)20/h10,12,14-16,19,22,24H,7-9,11,13H2,1-6H3,(H,31,34)(H,32,36)(H,33,35)/t22-,24-/m1/s1. The van der Waals surface area contributed by atoms with Crippen molar-refractivity contribution >= 4 is 17.5 Å². The molecule has 0 bridgehead atoms. The smallest absolute Gasteiger partial charge is 0.242 e. The molecule has 2 aromatic rings. The lowest BCUT2D eigenvalue weighted by molar-refractivity contribution is -0.122. The molecule has 9 nitrogen and oxygen atoms in total. The average molecular weight is 538 g/mol. The van der Waals surface area contributed by atoms with Crippen molar-refractivity contribution in [3.05, 3.63) is 45.6 Å². The van der Waals surface area contributed by atoms with Gasteiger partial charge in [0, 0.05) is 18.5 Å². The van der Waals surface area contributed by atoms with Crippen LogP contribution >= 0.6 is 0 Å². The van der Waals surface area contributed by atoms with Crippen LogP contribution in [-0.4, -0.2) is 45.2 Å². The van der Waals surface area contributed by atoms with Crippen LogP contribution in [0.3, 0.4) is 0 Å². The lowest BCUT2D eigenvalue weighted by atomic mass is 9.95. The first kappa shape index (κ1) is 28.3. The summed E-state index contributed by atoms with van der Waals surface area (Å²) >= 11 is 0. The van der Waals surface area contributed by atoms with E-state index < -0.39 is 12.1 Å². The van der Waals surface area contributed by atoms with Gasteiger partial charge in [0.05, 0.1) is 33.1 Å². The van der Waals surface area contributed by atoms with Crippen molar-refractivity contribution in [2.45, 2.75) is 71.0 Å². The van der Waals surface area contributed by atoms with Crippen LogP contribution in [0.4, 0.5) is 5.69 Å². The summed E-state index contributed by atoms with van der Waals surface area (Å²) in [5, 5.41) is 9.30. The molecule has 0 aliphatic heterocycles. The Labute approximate surface area is 229 Å². The van der Waals surface area contributed by atoms with Crippen LogP contribution < -0.4 is 35.6 Å². The molecule has 0 heterocycles. The van der Waals surface area contributed by atoms with E-state index in [0.717, 1.165) is 29.5 Å². The van der Waals surface area contributed by atoms with E-state index in [0.29, 0.717) is 47.8 Å². The van der Waals surface area contributed by atoms with Crippen LogP contribution in [0.5, 0.6) is 17.2 Å². The van der Waals surface area contributed by atoms with Gasteiger partial charge in [-0.25, -0.2) is 0 Å². The SMILES string of the molecule is COc1cc2c(c(OC)c1OC)-c1ccc(N[C@H](CC(C)C)C(=O)NC3CC3)c(=O)cc1[C@H](NC(C)=O)CC2. The van der Waals surface area contributed by atoms with Crippen LogP contribution in [-0.2, 0) is 16.0 Å². The molecule has 1 fully saturated rings. The number of nitrogens with one attached hydrogen (secondary N) is 3. The van der Waals surface area contributed by atoms with Gasteiger partial charge in [-0.3, -0.25) is 14.4 Å². The van der Waals surface area contributed by atoms with Crippen molar-refractivity contribution in [3.8, 4) is 28.4 Å². The van der Waals surface area contributed by atoms with E-state index in [4.69, 9.17) is 14.2 Å². The Morgan fingerprint density at radius 2 is 1.69 bits per heavy atom. The molecule has 2 aliphatic carbocycles. The summed E-state index contributed by atoms with van der Waals surface area (Å²) in [4.78, 5) is 38.8. The molecule has 9 heteroatoms. The Bertz CT molecular complexity index is 1300. The molecule has 4 rings (SSSR count). The third kappa shape index (κ3) is 6.29. The van der Waals surface area contributed by atoms with Gasteiger partial charge in [-0.15, -0.1) is 0 Å². The summed E-state index contributed by atoms with van der Waals surface area (Å²) < 4.78 is 17.1. The van der Waals surface area contributed by atoms with Crippen LogP contribution in [0.25, 0.3) is 11.1 Å². The molecule has 1 saturated carbocycles. The van der Waals surface area contributed by atoms with E-state index in [1.807, 2.05) is 26.0 Å². The number of fused-ring (bicyclic) bond motifs is 3. The van der Waals surface area contributed by atoms with Crippen molar-refractivity contribution in [2.24, 2.45) is 5.92 Å². The maximum Gasteiger partial charge on any atom is 0.242 e. The summed E-state index contributed by atoms with van der Waals surface area (Å²) in [5.41, 5.74) is 3.21. The molecule has 2 amide bonds. The first-order chi connectivity index (χ1) is 18.7. The molecule has 2 aromatic carbocycles. The maximum absolute atomic E-state index is 13.6. The monoisotopic (exact) mass is 537 g/mol. The van der Waals surface area contributed by atoms with Gasteiger partial charge in [0.1, 0.15) is 6.04 Å². The van der Waals surface area contributed by atoms with E-state index in [1.54, 1.807) is 33.5 Å². The van der Waals surface area contributed by atoms with Crippen molar-refractivity contribution in [1.29, 1.82) is 0 Å². The van der Waals surface area contributed by atoms with Crippen molar-refractivity contribution < 1.29 is 23.8 Å². The predicted molar refractivity (Wildman–Crippen MR) is 151 cm³/mol. The summed E-state index contributed by atoms with van der Waals surface area (Å²) in [6.45, 7) is 5.56. The second-order valence-electron chi connectivity index (χ2n) is 10.7. The van der Waals surface area contributed by atoms with Gasteiger partial charge in [-0.2, -0.15) is 0 Å². The van der Waals surface area contributed by atoms with Crippen molar-refractivity contribution in [3.63, 3.8) is 0 Å². The summed E-state index contributed by atoms with van der Waals surface area (Å²) in [6.07, 6.45) is 3.75. The van der Waals surface area contributed by atoms with E-state index in [1.165, 1.54) is 6.92 Å². The number of carbonyl (C=O) groups excluding carboxylic acids is 2. The number of ether oxygens (including phenoxy) is 3. The second-order valence-corrected chi connectivity index (χ2v) is 10.7. The van der Waals surface area contributed by atoms with E-state index >= 15 is 0 Å². The highest BCUT2D eigenvalue weighted by molar-refractivity contribution is 5.86. The fourth-order valence-electron chi connectivity index (χ4n) is 5.25. The van der Waals surface area contributed by atoms with Gasteiger partial charge < -0.3 is 30.2 Å². The van der Waals surface area contributed by atoms with E-state index in [9.17, 15) is 14.4 Å². The molecular weight excluding hydrogens is 498 g/mol. The van der Waals surface area contributed by atoms with Crippen LogP contribution in [0.1, 0.15) is 63.6 Å². The molecule has 0 spiro atoms. The second kappa shape index (κ2) is 12.0. The lowest BCUT2D eigenvalue weighted by Crippen LogP contribution is -2.42. The van der Waals surface area contributed by atoms with Crippen LogP contribution in [0.15, 0.2) is 29.1 Å². The first-order valence-electron chi connectivity index (χ1n) is 13.5. The Balaban J connectivity index is 1.88. The van der Waals surface area contributed by atoms with Crippen molar-refractivity contribution in [2.75, 3.05) is 26.6 Å². The Morgan fingerprint density at radius 3 is 2.28 bits per heavy atom. The van der Waals surface area contributed by atoms with Gasteiger partial charge in [0.2, 0.25) is 23.0 Å². The number of amides is 2. The molecule has 39 heavy (non-hydrogen) atoms. The highest BCUT2D eigenvalue weighted by Gasteiger charge is 2.31. The Kier molecular flexibility index (Phi) is 8.67. The van der Waals surface area contributed by atoms with Crippen LogP contribution in [0, 0.1) is 5.92 Å². The fraction of sp³-hybridized carbons (Fsp3) is 0.500. The number of hydrogen-bond acceptors (Lipinski definition) is 7. The third-order valence-electron chi connectivity index (χ3n) is 7.19. The quantitative estimate of drug-likeness (QED) is 0.420. The highest BCUT2D eigenvalue weighted by atomic mass is 16.5. The highest BCUT2D eigenvalue weighted by Crippen LogP contribution is 2.50. The zero-order valence-electron chi connectivity index (χ0n) is 23.6. The molecule has 210 valence electrons. The zero-order valence-corrected chi connectivity index (χ0v) is 23.6. The maximum atomic E-state index is 13.6. The van der Waals surface area contributed by atoms with Crippen LogP contribution in [0.2, 0.25) is 0 Å². The minimum atomic E-state index is -0.544.